The number of piperidine rings is 1. The molecule has 0 saturated carbocycles. The highest BCUT2D eigenvalue weighted by Gasteiger charge is 2.44. The van der Waals surface area contributed by atoms with E-state index in [4.69, 9.17) is 4.74 Å². The molecule has 3 aliphatic rings. The lowest BCUT2D eigenvalue weighted by Crippen LogP contribution is -2.51. The quantitative estimate of drug-likeness (QED) is 0.692. The molecule has 31 heavy (non-hydrogen) atoms. The fourth-order valence-corrected chi connectivity index (χ4v) is 5.41. The van der Waals surface area contributed by atoms with Crippen LogP contribution in [0.3, 0.4) is 0 Å². The SMILES string of the molecule is CC(C)(C=CN1C(=O)CCCc2ccccc21)N1CCC2(CC1)OCc1ccccc12. The molecule has 162 valence electrons. The van der Waals surface area contributed by atoms with Crippen molar-refractivity contribution in [2.45, 2.75) is 63.7 Å². The number of rotatable bonds is 3. The van der Waals surface area contributed by atoms with Crippen molar-refractivity contribution < 1.29 is 9.53 Å². The number of anilines is 1. The van der Waals surface area contributed by atoms with Gasteiger partial charge in [-0.3, -0.25) is 14.6 Å². The van der Waals surface area contributed by atoms with E-state index in [0.29, 0.717) is 6.42 Å². The zero-order valence-electron chi connectivity index (χ0n) is 18.6. The number of fused-ring (bicyclic) bond motifs is 3. The Kier molecular flexibility index (Phi) is 5.23. The van der Waals surface area contributed by atoms with E-state index in [-0.39, 0.29) is 17.0 Å². The number of hydrogen-bond donors (Lipinski definition) is 0. The van der Waals surface area contributed by atoms with Gasteiger partial charge in [-0.25, -0.2) is 0 Å². The summed E-state index contributed by atoms with van der Waals surface area (Å²) in [4.78, 5) is 17.2. The summed E-state index contributed by atoms with van der Waals surface area (Å²) >= 11 is 0. The molecule has 2 aromatic rings. The maximum atomic E-state index is 12.8. The molecule has 0 aliphatic carbocycles. The van der Waals surface area contributed by atoms with Crippen molar-refractivity contribution in [3.05, 3.63) is 77.5 Å². The molecule has 3 heterocycles. The van der Waals surface area contributed by atoms with Crippen LogP contribution in [0.2, 0.25) is 0 Å². The minimum absolute atomic E-state index is 0.118. The van der Waals surface area contributed by atoms with Crippen LogP contribution in [-0.2, 0) is 28.2 Å². The van der Waals surface area contributed by atoms with Crippen LogP contribution in [0.4, 0.5) is 5.69 Å². The van der Waals surface area contributed by atoms with Gasteiger partial charge in [-0.2, -0.15) is 0 Å². The van der Waals surface area contributed by atoms with Crippen molar-refractivity contribution in [2.24, 2.45) is 0 Å². The third-order valence-electron chi connectivity index (χ3n) is 7.39. The van der Waals surface area contributed by atoms with E-state index < -0.39 is 0 Å². The number of ether oxygens (including phenoxy) is 1. The first-order valence-corrected chi connectivity index (χ1v) is 11.6. The zero-order chi connectivity index (χ0) is 21.5. The van der Waals surface area contributed by atoms with Crippen molar-refractivity contribution in [2.75, 3.05) is 18.0 Å². The van der Waals surface area contributed by atoms with E-state index in [2.05, 4.69) is 67.3 Å². The Bertz CT molecular complexity index is 1000. The average molecular weight is 417 g/mol. The molecule has 4 heteroatoms. The maximum absolute atomic E-state index is 12.8. The van der Waals surface area contributed by atoms with Crippen molar-refractivity contribution in [3.8, 4) is 0 Å². The van der Waals surface area contributed by atoms with Gasteiger partial charge in [0.1, 0.15) is 0 Å². The largest absolute Gasteiger partial charge is 0.365 e. The number of nitrogens with zero attached hydrogens (tertiary/aromatic N) is 2. The Balaban J connectivity index is 1.32. The number of benzene rings is 2. The van der Waals surface area contributed by atoms with Crippen molar-refractivity contribution in [1.29, 1.82) is 0 Å². The molecular formula is C27H32N2O2. The smallest absolute Gasteiger partial charge is 0.231 e. The molecule has 0 radical (unpaired) electrons. The predicted molar refractivity (Wildman–Crippen MR) is 124 cm³/mol. The second kappa shape index (κ2) is 7.92. The Morgan fingerprint density at radius 1 is 0.968 bits per heavy atom. The van der Waals surface area contributed by atoms with E-state index in [1.807, 2.05) is 17.2 Å². The second-order valence-corrected chi connectivity index (χ2v) is 9.64. The highest BCUT2D eigenvalue weighted by atomic mass is 16.5. The summed E-state index contributed by atoms with van der Waals surface area (Å²) in [5.41, 5.74) is 4.76. The molecule has 0 N–H and O–H groups in total. The summed E-state index contributed by atoms with van der Waals surface area (Å²) in [7, 11) is 0. The summed E-state index contributed by atoms with van der Waals surface area (Å²) in [5, 5.41) is 0. The van der Waals surface area contributed by atoms with Gasteiger partial charge in [0.05, 0.1) is 17.9 Å². The van der Waals surface area contributed by atoms with E-state index in [0.717, 1.165) is 51.1 Å². The van der Waals surface area contributed by atoms with Gasteiger partial charge in [0.2, 0.25) is 5.91 Å². The van der Waals surface area contributed by atoms with Crippen LogP contribution in [0.25, 0.3) is 0 Å². The number of carbonyl (C=O) groups is 1. The fourth-order valence-electron chi connectivity index (χ4n) is 5.41. The normalized spacial score (nSPS) is 21.4. The Morgan fingerprint density at radius 3 is 2.48 bits per heavy atom. The minimum Gasteiger partial charge on any atom is -0.365 e. The Morgan fingerprint density at radius 2 is 1.68 bits per heavy atom. The molecule has 3 aliphatic heterocycles. The number of carbonyl (C=O) groups excluding carboxylic acids is 1. The summed E-state index contributed by atoms with van der Waals surface area (Å²) in [6.45, 7) is 7.20. The van der Waals surface area contributed by atoms with Gasteiger partial charge in [-0.05, 0) is 68.4 Å². The lowest BCUT2D eigenvalue weighted by Gasteiger charge is -2.45. The molecule has 0 aromatic heterocycles. The van der Waals surface area contributed by atoms with Gasteiger partial charge in [0, 0.05) is 31.2 Å². The highest BCUT2D eigenvalue weighted by molar-refractivity contribution is 5.96. The number of aryl methyl sites for hydroxylation is 1. The zero-order valence-corrected chi connectivity index (χ0v) is 18.6. The first-order chi connectivity index (χ1) is 15.0. The molecule has 1 fully saturated rings. The van der Waals surface area contributed by atoms with Gasteiger partial charge in [0.25, 0.3) is 0 Å². The highest BCUT2D eigenvalue weighted by Crippen LogP contribution is 2.45. The van der Waals surface area contributed by atoms with Gasteiger partial charge >= 0.3 is 0 Å². The van der Waals surface area contributed by atoms with Crippen LogP contribution in [-0.4, -0.2) is 29.4 Å². The molecule has 1 spiro atoms. The minimum atomic E-state index is -0.138. The number of hydrogen-bond acceptors (Lipinski definition) is 3. The van der Waals surface area contributed by atoms with E-state index in [9.17, 15) is 4.79 Å². The summed E-state index contributed by atoms with van der Waals surface area (Å²) < 4.78 is 6.34. The van der Waals surface area contributed by atoms with Gasteiger partial charge < -0.3 is 4.74 Å². The topological polar surface area (TPSA) is 32.8 Å². The third kappa shape index (κ3) is 3.72. The fraction of sp³-hybridized carbons (Fsp3) is 0.444. The van der Waals surface area contributed by atoms with Crippen molar-refractivity contribution >= 4 is 11.6 Å². The average Bonchev–Trinajstić information content (AvgIpc) is 3.04. The first-order valence-electron chi connectivity index (χ1n) is 11.6. The molecule has 1 saturated heterocycles. The van der Waals surface area contributed by atoms with Gasteiger partial charge in [-0.15, -0.1) is 0 Å². The van der Waals surface area contributed by atoms with Crippen LogP contribution in [0.1, 0.15) is 56.2 Å². The van der Waals surface area contributed by atoms with Crippen LogP contribution in [0.5, 0.6) is 0 Å². The summed E-state index contributed by atoms with van der Waals surface area (Å²) in [5.74, 6) is 0.186. The molecule has 1 amide bonds. The molecular weight excluding hydrogens is 384 g/mol. The van der Waals surface area contributed by atoms with Crippen molar-refractivity contribution in [1.82, 2.24) is 4.90 Å². The number of likely N-dealkylation sites (tertiary alicyclic amines) is 1. The second-order valence-electron chi connectivity index (χ2n) is 9.64. The number of para-hydroxylation sites is 1. The molecule has 2 aromatic carbocycles. The van der Waals surface area contributed by atoms with Crippen LogP contribution in [0, 0.1) is 0 Å². The Labute approximate surface area is 185 Å². The monoisotopic (exact) mass is 416 g/mol. The van der Waals surface area contributed by atoms with E-state index in [1.165, 1.54) is 16.7 Å². The van der Waals surface area contributed by atoms with Gasteiger partial charge in [0.15, 0.2) is 0 Å². The van der Waals surface area contributed by atoms with Crippen LogP contribution >= 0.6 is 0 Å². The van der Waals surface area contributed by atoms with Gasteiger partial charge in [-0.1, -0.05) is 42.5 Å². The standard InChI is InChI=1S/C27H32N2O2/c1-26(2,14-19-29-24-12-6-4-8-21(24)10-7-13-25(29)30)28-17-15-27(16-18-28)23-11-5-3-9-22(23)20-31-27/h3-6,8-9,11-12,14,19H,7,10,13,15-18,20H2,1-2H3. The molecule has 0 bridgehead atoms. The van der Waals surface area contributed by atoms with Crippen LogP contribution < -0.4 is 4.90 Å². The molecule has 0 unspecified atom stereocenters. The van der Waals surface area contributed by atoms with Crippen LogP contribution in [0.15, 0.2) is 60.8 Å². The lowest BCUT2D eigenvalue weighted by atomic mass is 9.82. The summed E-state index contributed by atoms with van der Waals surface area (Å²) in [6.07, 6.45) is 8.71. The number of amides is 1. The Hall–Kier alpha value is -2.43. The predicted octanol–water partition coefficient (Wildman–Crippen LogP) is 5.17. The van der Waals surface area contributed by atoms with Crippen molar-refractivity contribution in [3.63, 3.8) is 0 Å². The summed E-state index contributed by atoms with van der Waals surface area (Å²) in [6, 6.07) is 17.0. The molecule has 0 atom stereocenters. The molecule has 5 rings (SSSR count). The third-order valence-corrected chi connectivity index (χ3v) is 7.39. The lowest BCUT2D eigenvalue weighted by molar-refractivity contribution is -0.118. The maximum Gasteiger partial charge on any atom is 0.231 e. The van der Waals surface area contributed by atoms with E-state index >= 15 is 0 Å². The first kappa shape index (κ1) is 20.5. The molecule has 4 nitrogen and oxygen atoms in total. The van der Waals surface area contributed by atoms with E-state index in [1.54, 1.807) is 0 Å².